The molecule has 21 heteroatoms. The van der Waals surface area contributed by atoms with Gasteiger partial charge >= 0.3 is 5.51 Å². The molecule has 7 rings (SSSR count). The minimum Gasteiger partial charge on any atom is -0.380 e. The first kappa shape index (κ1) is 51.1. The van der Waals surface area contributed by atoms with Gasteiger partial charge in [-0.25, -0.2) is 21.6 Å². The molecule has 2 fully saturated rings. The van der Waals surface area contributed by atoms with E-state index >= 15 is 0 Å². The maximum absolute atomic E-state index is 14.2. The van der Waals surface area contributed by atoms with E-state index in [0.717, 1.165) is 67.2 Å². The molecule has 1 amide bonds. The summed E-state index contributed by atoms with van der Waals surface area (Å²) in [4.78, 5) is 21.9. The van der Waals surface area contributed by atoms with Gasteiger partial charge in [-0.05, 0) is 114 Å². The zero-order chi connectivity index (χ0) is 48.5. The summed E-state index contributed by atoms with van der Waals surface area (Å²) >= 11 is 7.64. The average Bonchev–Trinajstić information content (AvgIpc) is 3.32. The third-order valence-electron chi connectivity index (χ3n) is 12.6. The van der Waals surface area contributed by atoms with Crippen LogP contribution in [0.4, 0.5) is 24.5 Å². The van der Waals surface area contributed by atoms with Crippen LogP contribution in [0.2, 0.25) is 5.02 Å². The Kier molecular flexibility index (Phi) is 16.8. The van der Waals surface area contributed by atoms with E-state index in [1.165, 1.54) is 35.0 Å². The Morgan fingerprint density at radius 2 is 1.62 bits per heavy atom. The molecule has 4 aromatic rings. The molecular formula is C47H54ClF3N8O6S3. The summed E-state index contributed by atoms with van der Waals surface area (Å²) in [6.07, 6.45) is 2.98. The minimum absolute atomic E-state index is 0.0286. The lowest BCUT2D eigenvalue weighted by Gasteiger charge is -2.40. The Labute approximate surface area is 404 Å². The molecule has 2 N–H and O–H groups in total. The van der Waals surface area contributed by atoms with Crippen molar-refractivity contribution in [3.63, 3.8) is 0 Å². The number of nitrogens with zero attached hydrogens (tertiary/aromatic N) is 6. The van der Waals surface area contributed by atoms with E-state index in [1.807, 2.05) is 59.3 Å². The molecule has 68 heavy (non-hydrogen) atoms. The summed E-state index contributed by atoms with van der Waals surface area (Å²) in [6.45, 7) is 9.14. The van der Waals surface area contributed by atoms with Gasteiger partial charge in [-0.15, -0.1) is 11.8 Å². The van der Waals surface area contributed by atoms with E-state index in [2.05, 4.69) is 37.0 Å². The van der Waals surface area contributed by atoms with Crippen molar-refractivity contribution in [3.05, 3.63) is 129 Å². The third-order valence-corrected chi connectivity index (χ3v) is 16.9. The van der Waals surface area contributed by atoms with Crippen LogP contribution in [0.15, 0.2) is 122 Å². The number of ether oxygens (including phenoxy) is 1. The molecule has 0 radical (unpaired) electrons. The summed E-state index contributed by atoms with van der Waals surface area (Å²) < 4.78 is 103. The van der Waals surface area contributed by atoms with Gasteiger partial charge in [0, 0.05) is 96.8 Å². The Morgan fingerprint density at radius 3 is 2.28 bits per heavy atom. The fraction of sp³-hybridized carbons (Fsp3) is 0.426. The Morgan fingerprint density at radius 1 is 0.926 bits per heavy atom. The summed E-state index contributed by atoms with van der Waals surface area (Å²) in [5, 5.41) is 7.56. The quantitative estimate of drug-likeness (QED) is 0.0421. The third kappa shape index (κ3) is 13.1. The van der Waals surface area contributed by atoms with Crippen LogP contribution in [0, 0.1) is 5.41 Å². The van der Waals surface area contributed by atoms with Crippen molar-refractivity contribution in [1.29, 1.82) is 0 Å². The normalized spacial score (nSPS) is 19.3. The van der Waals surface area contributed by atoms with Crippen molar-refractivity contribution in [1.82, 2.24) is 14.5 Å². The first-order valence-electron chi connectivity index (χ1n) is 22.3. The number of allylic oxidation sites excluding steroid dienone is 1. The fourth-order valence-corrected chi connectivity index (χ4v) is 11.9. The van der Waals surface area contributed by atoms with Gasteiger partial charge in [0.05, 0.1) is 23.8 Å². The number of carbonyl (C=O) groups is 1. The topological polar surface area (TPSA) is 177 Å². The Balaban J connectivity index is 1.02. The molecule has 3 aliphatic rings. The number of thioether (sulfide) groups is 1. The predicted octanol–water partition coefficient (Wildman–Crippen LogP) is 9.12. The van der Waals surface area contributed by atoms with Crippen molar-refractivity contribution in [2.75, 3.05) is 88.1 Å². The van der Waals surface area contributed by atoms with Gasteiger partial charge < -0.3 is 15.0 Å². The molecule has 0 bridgehead atoms. The maximum Gasteiger partial charge on any atom is 0.501 e. The highest BCUT2D eigenvalue weighted by molar-refractivity contribution is 7.99. The smallest absolute Gasteiger partial charge is 0.380 e. The predicted molar refractivity (Wildman–Crippen MR) is 260 cm³/mol. The average molecular weight is 1020 g/mol. The number of piperazine rings is 1. The summed E-state index contributed by atoms with van der Waals surface area (Å²) in [5.74, 6) is -0.688. The second kappa shape index (κ2) is 22.3. The SMILES string of the molecule is CC1(CN=[N+]=[N-])CCC(c2ccc(Cl)cc2)=C(CN2CCN(c3ccc(C(=O)NS(=O)(=O)c4ccc(NC(CCN5CCOCC5)CSc5ccccc5)c(S(=O)(=O)C(F)(F)F)c4)cc3)CC2)C1. The number of hydrogen-bond donors (Lipinski definition) is 2. The Bertz CT molecular complexity index is 2700. The second-order valence-electron chi connectivity index (χ2n) is 17.5. The van der Waals surface area contributed by atoms with Crippen LogP contribution >= 0.6 is 23.4 Å². The maximum atomic E-state index is 14.2. The number of anilines is 2. The number of nitrogens with one attached hydrogen (secondary N) is 2. The molecule has 0 spiro atoms. The van der Waals surface area contributed by atoms with Gasteiger partial charge in [0.25, 0.3) is 25.8 Å². The van der Waals surface area contributed by atoms with E-state index in [9.17, 15) is 34.8 Å². The minimum atomic E-state index is -6.07. The lowest BCUT2D eigenvalue weighted by molar-refractivity contribution is -0.0435. The molecular weight excluding hydrogens is 961 g/mol. The molecule has 364 valence electrons. The van der Waals surface area contributed by atoms with Gasteiger partial charge in [0.15, 0.2) is 0 Å². The van der Waals surface area contributed by atoms with Crippen LogP contribution in [0.3, 0.4) is 0 Å². The van der Waals surface area contributed by atoms with E-state index in [-0.39, 0.29) is 11.0 Å². The lowest BCUT2D eigenvalue weighted by atomic mass is 9.71. The van der Waals surface area contributed by atoms with Crippen LogP contribution in [0.5, 0.6) is 0 Å². The second-order valence-corrected chi connectivity index (χ2v) is 22.6. The standard InChI is InChI=1S/C47H54ClF3N8O6S3/c1-46(33-53-56-52)19-17-42(34-7-11-37(48)12-8-34)36(30-46)31-58-21-23-59(24-22-58)39-13-9-35(10-14-39)45(60)55-68(63,64)41-15-16-43(44(29-41)67(61,62)47(49,50)51)54-38(18-20-57-25-27-65-28-26-57)32-66-40-5-3-2-4-6-40/h2-16,29,38,54H,17-28,30-33H2,1H3,(H,55,60). The monoisotopic (exact) mass is 1010 g/mol. The number of morpholine rings is 1. The number of sulfone groups is 1. The first-order valence-corrected chi connectivity index (χ1v) is 26.6. The number of amides is 1. The van der Waals surface area contributed by atoms with E-state index in [0.29, 0.717) is 75.7 Å². The number of azide groups is 1. The number of hydrogen-bond acceptors (Lipinski definition) is 12. The number of sulfonamides is 1. The number of rotatable bonds is 18. The molecule has 2 heterocycles. The zero-order valence-electron chi connectivity index (χ0n) is 37.5. The van der Waals surface area contributed by atoms with Crippen molar-refractivity contribution in [3.8, 4) is 0 Å². The zero-order valence-corrected chi connectivity index (χ0v) is 40.7. The van der Waals surface area contributed by atoms with Crippen LogP contribution in [-0.2, 0) is 24.6 Å². The van der Waals surface area contributed by atoms with Crippen molar-refractivity contribution < 1.29 is 39.5 Å². The summed E-state index contributed by atoms with van der Waals surface area (Å²) in [5.41, 5.74) is 7.20. The fourth-order valence-electron chi connectivity index (χ4n) is 8.73. The summed E-state index contributed by atoms with van der Waals surface area (Å²) in [6, 6.07) is 25.4. The molecule has 0 saturated carbocycles. The van der Waals surface area contributed by atoms with E-state index < -0.39 is 52.8 Å². The highest BCUT2D eigenvalue weighted by atomic mass is 35.5. The molecule has 0 aromatic heterocycles. The van der Waals surface area contributed by atoms with E-state index in [1.54, 1.807) is 12.1 Å². The van der Waals surface area contributed by atoms with Crippen LogP contribution < -0.4 is 14.9 Å². The molecule has 2 atom stereocenters. The van der Waals surface area contributed by atoms with E-state index in [4.69, 9.17) is 21.9 Å². The van der Waals surface area contributed by atoms with Crippen LogP contribution in [0.1, 0.15) is 48.5 Å². The molecule has 1 aliphatic carbocycles. The summed E-state index contributed by atoms with van der Waals surface area (Å²) in [7, 11) is -10.9. The van der Waals surface area contributed by atoms with Crippen LogP contribution in [-0.4, -0.2) is 122 Å². The highest BCUT2D eigenvalue weighted by Gasteiger charge is 2.48. The van der Waals surface area contributed by atoms with Gasteiger partial charge in [0.1, 0.15) is 4.90 Å². The van der Waals surface area contributed by atoms with Gasteiger partial charge in [-0.2, -0.15) is 13.2 Å². The lowest BCUT2D eigenvalue weighted by Crippen LogP contribution is -2.47. The molecule has 14 nitrogen and oxygen atoms in total. The largest absolute Gasteiger partial charge is 0.501 e. The van der Waals surface area contributed by atoms with Crippen molar-refractivity contribution in [2.24, 2.45) is 10.5 Å². The molecule has 4 aromatic carbocycles. The van der Waals surface area contributed by atoms with Gasteiger partial charge in [-0.1, -0.05) is 59.5 Å². The van der Waals surface area contributed by atoms with Gasteiger partial charge in [0.2, 0.25) is 0 Å². The van der Waals surface area contributed by atoms with Crippen LogP contribution in [0.25, 0.3) is 16.0 Å². The Hall–Kier alpha value is -4.79. The number of alkyl halides is 3. The molecule has 2 unspecified atom stereocenters. The van der Waals surface area contributed by atoms with Crippen molar-refractivity contribution >= 4 is 66.1 Å². The number of halogens is 4. The number of carbonyl (C=O) groups excluding carboxylic acids is 1. The number of benzene rings is 4. The van der Waals surface area contributed by atoms with Gasteiger partial charge in [-0.3, -0.25) is 14.6 Å². The highest BCUT2D eigenvalue weighted by Crippen LogP contribution is 2.44. The van der Waals surface area contributed by atoms with Crippen molar-refractivity contribution in [2.45, 2.75) is 58.8 Å². The molecule has 2 aliphatic heterocycles. The first-order chi connectivity index (χ1) is 32.4. The molecule has 2 saturated heterocycles.